The van der Waals surface area contributed by atoms with Gasteiger partial charge in [0.25, 0.3) is 0 Å². The number of rotatable bonds is 5. The first-order valence-corrected chi connectivity index (χ1v) is 6.54. The van der Waals surface area contributed by atoms with Crippen molar-refractivity contribution in [1.82, 2.24) is 15.4 Å². The monoisotopic (exact) mass is 242 g/mol. The molecule has 2 aromatic rings. The summed E-state index contributed by atoms with van der Waals surface area (Å²) in [5, 5.41) is 0. The standard InChI is InChI=1S/C14H18N4/c15-18-13(8-7-10-5-6-10)14-9-16-11-3-1-2-4-12(11)17-14/h1-4,9-10,13,18H,5-8,15H2. The molecule has 1 aromatic heterocycles. The normalized spacial score (nSPS) is 16.9. The molecule has 1 aromatic carbocycles. The summed E-state index contributed by atoms with van der Waals surface area (Å²) in [6.45, 7) is 0. The fourth-order valence-corrected chi connectivity index (χ4v) is 2.26. The zero-order valence-electron chi connectivity index (χ0n) is 10.3. The first-order valence-electron chi connectivity index (χ1n) is 6.54. The Hall–Kier alpha value is -1.52. The Balaban J connectivity index is 1.81. The predicted molar refractivity (Wildman–Crippen MR) is 71.6 cm³/mol. The second-order valence-electron chi connectivity index (χ2n) is 5.02. The van der Waals surface area contributed by atoms with Crippen LogP contribution >= 0.6 is 0 Å². The highest BCUT2D eigenvalue weighted by Gasteiger charge is 2.23. The van der Waals surface area contributed by atoms with Gasteiger partial charge in [0.15, 0.2) is 0 Å². The van der Waals surface area contributed by atoms with E-state index in [9.17, 15) is 0 Å². The van der Waals surface area contributed by atoms with E-state index in [1.165, 1.54) is 19.3 Å². The molecule has 1 atom stereocenters. The van der Waals surface area contributed by atoms with Gasteiger partial charge in [-0.2, -0.15) is 0 Å². The molecule has 1 fully saturated rings. The summed E-state index contributed by atoms with van der Waals surface area (Å²) >= 11 is 0. The zero-order valence-corrected chi connectivity index (χ0v) is 10.3. The average molecular weight is 242 g/mol. The maximum atomic E-state index is 5.64. The van der Waals surface area contributed by atoms with Crippen LogP contribution in [0.1, 0.15) is 37.4 Å². The quantitative estimate of drug-likeness (QED) is 0.624. The lowest BCUT2D eigenvalue weighted by Gasteiger charge is -2.15. The van der Waals surface area contributed by atoms with Crippen molar-refractivity contribution >= 4 is 11.0 Å². The zero-order chi connectivity index (χ0) is 12.4. The molecule has 0 radical (unpaired) electrons. The summed E-state index contributed by atoms with van der Waals surface area (Å²) in [7, 11) is 0. The number of hydrogen-bond donors (Lipinski definition) is 2. The van der Waals surface area contributed by atoms with Crippen molar-refractivity contribution in [2.24, 2.45) is 11.8 Å². The van der Waals surface area contributed by atoms with E-state index in [2.05, 4.69) is 15.4 Å². The number of nitrogens with one attached hydrogen (secondary N) is 1. The molecule has 3 rings (SSSR count). The molecular formula is C14H18N4. The van der Waals surface area contributed by atoms with Gasteiger partial charge in [-0.25, -0.2) is 4.98 Å². The van der Waals surface area contributed by atoms with Gasteiger partial charge in [0, 0.05) is 0 Å². The van der Waals surface area contributed by atoms with Crippen LogP contribution in [0, 0.1) is 5.92 Å². The largest absolute Gasteiger partial charge is 0.271 e. The lowest BCUT2D eigenvalue weighted by molar-refractivity contribution is 0.472. The Bertz CT molecular complexity index is 536. The van der Waals surface area contributed by atoms with E-state index < -0.39 is 0 Å². The first kappa shape index (κ1) is 11.6. The minimum Gasteiger partial charge on any atom is -0.271 e. The van der Waals surface area contributed by atoms with Crippen LogP contribution in [-0.4, -0.2) is 9.97 Å². The summed E-state index contributed by atoms with van der Waals surface area (Å²) in [4.78, 5) is 9.07. The van der Waals surface area contributed by atoms with Gasteiger partial charge in [-0.05, 0) is 30.9 Å². The molecule has 18 heavy (non-hydrogen) atoms. The lowest BCUT2D eigenvalue weighted by Crippen LogP contribution is -2.28. The summed E-state index contributed by atoms with van der Waals surface area (Å²) in [6.07, 6.45) is 6.85. The summed E-state index contributed by atoms with van der Waals surface area (Å²) in [6, 6.07) is 8.03. The molecule has 0 bridgehead atoms. The van der Waals surface area contributed by atoms with Gasteiger partial charge >= 0.3 is 0 Å². The molecule has 1 heterocycles. The van der Waals surface area contributed by atoms with E-state index in [1.54, 1.807) is 0 Å². The molecule has 1 aliphatic rings. The molecule has 0 saturated heterocycles. The van der Waals surface area contributed by atoms with Crippen LogP contribution < -0.4 is 11.3 Å². The van der Waals surface area contributed by atoms with Crippen molar-refractivity contribution < 1.29 is 0 Å². The van der Waals surface area contributed by atoms with Crippen LogP contribution in [0.15, 0.2) is 30.5 Å². The lowest BCUT2D eigenvalue weighted by atomic mass is 10.1. The number of benzene rings is 1. The van der Waals surface area contributed by atoms with Gasteiger partial charge in [0.05, 0.1) is 29.0 Å². The Kier molecular flexibility index (Phi) is 3.21. The van der Waals surface area contributed by atoms with Crippen LogP contribution in [0.25, 0.3) is 11.0 Å². The Labute approximate surface area is 107 Å². The number of hydrogen-bond acceptors (Lipinski definition) is 4. The van der Waals surface area contributed by atoms with Gasteiger partial charge in [-0.3, -0.25) is 16.3 Å². The number of fused-ring (bicyclic) bond motifs is 1. The molecule has 4 heteroatoms. The number of nitrogens with two attached hydrogens (primary N) is 1. The molecule has 3 N–H and O–H groups in total. The second kappa shape index (κ2) is 5.00. The maximum Gasteiger partial charge on any atom is 0.0890 e. The topological polar surface area (TPSA) is 63.8 Å². The smallest absolute Gasteiger partial charge is 0.0890 e. The van der Waals surface area contributed by atoms with Crippen molar-refractivity contribution in [2.75, 3.05) is 0 Å². The second-order valence-corrected chi connectivity index (χ2v) is 5.02. The van der Waals surface area contributed by atoms with Crippen molar-refractivity contribution in [1.29, 1.82) is 0 Å². The Morgan fingerprint density at radius 3 is 2.78 bits per heavy atom. The van der Waals surface area contributed by atoms with Crippen molar-refractivity contribution in [2.45, 2.75) is 31.7 Å². The number of nitrogens with zero attached hydrogens (tertiary/aromatic N) is 2. The van der Waals surface area contributed by atoms with Gasteiger partial charge in [-0.15, -0.1) is 0 Å². The van der Waals surface area contributed by atoms with E-state index in [-0.39, 0.29) is 6.04 Å². The van der Waals surface area contributed by atoms with E-state index in [0.29, 0.717) is 0 Å². The average Bonchev–Trinajstić information content (AvgIpc) is 3.23. The van der Waals surface area contributed by atoms with E-state index in [0.717, 1.165) is 29.1 Å². The molecular weight excluding hydrogens is 224 g/mol. The molecule has 0 amide bonds. The number of para-hydroxylation sites is 2. The van der Waals surface area contributed by atoms with Gasteiger partial charge < -0.3 is 0 Å². The third-order valence-corrected chi connectivity index (χ3v) is 3.59. The van der Waals surface area contributed by atoms with Crippen LogP contribution in [0.3, 0.4) is 0 Å². The third-order valence-electron chi connectivity index (χ3n) is 3.59. The summed E-state index contributed by atoms with van der Waals surface area (Å²) < 4.78 is 0. The van der Waals surface area contributed by atoms with E-state index in [1.807, 2.05) is 30.5 Å². The van der Waals surface area contributed by atoms with E-state index >= 15 is 0 Å². The molecule has 94 valence electrons. The summed E-state index contributed by atoms with van der Waals surface area (Å²) in [5.41, 5.74) is 5.67. The van der Waals surface area contributed by atoms with Gasteiger partial charge in [0.2, 0.25) is 0 Å². The van der Waals surface area contributed by atoms with Crippen LogP contribution in [0.5, 0.6) is 0 Å². The molecule has 4 nitrogen and oxygen atoms in total. The Morgan fingerprint density at radius 1 is 1.28 bits per heavy atom. The van der Waals surface area contributed by atoms with Crippen LogP contribution in [0.4, 0.5) is 0 Å². The molecule has 1 unspecified atom stereocenters. The first-order chi connectivity index (χ1) is 8.86. The predicted octanol–water partition coefficient (Wildman–Crippen LogP) is 2.32. The molecule has 1 aliphatic carbocycles. The third kappa shape index (κ3) is 2.49. The minimum absolute atomic E-state index is 0.114. The SMILES string of the molecule is NNC(CCC1CC1)c1cnc2ccccc2n1. The fourth-order valence-electron chi connectivity index (χ4n) is 2.26. The maximum absolute atomic E-state index is 5.64. The fraction of sp³-hybridized carbons (Fsp3) is 0.429. The van der Waals surface area contributed by atoms with Crippen LogP contribution in [-0.2, 0) is 0 Å². The highest BCUT2D eigenvalue weighted by molar-refractivity contribution is 5.73. The number of aromatic nitrogens is 2. The van der Waals surface area contributed by atoms with Crippen molar-refractivity contribution in [3.63, 3.8) is 0 Å². The minimum atomic E-state index is 0.114. The highest BCUT2D eigenvalue weighted by atomic mass is 15.2. The van der Waals surface area contributed by atoms with Crippen molar-refractivity contribution in [3.8, 4) is 0 Å². The van der Waals surface area contributed by atoms with Gasteiger partial charge in [-0.1, -0.05) is 25.0 Å². The Morgan fingerprint density at radius 2 is 2.06 bits per heavy atom. The van der Waals surface area contributed by atoms with Gasteiger partial charge in [0.1, 0.15) is 0 Å². The molecule has 1 saturated carbocycles. The number of hydrazine groups is 1. The molecule has 0 spiro atoms. The van der Waals surface area contributed by atoms with Crippen LogP contribution in [0.2, 0.25) is 0 Å². The molecule has 0 aliphatic heterocycles. The van der Waals surface area contributed by atoms with E-state index in [4.69, 9.17) is 5.84 Å². The van der Waals surface area contributed by atoms with Crippen molar-refractivity contribution in [3.05, 3.63) is 36.2 Å². The highest BCUT2D eigenvalue weighted by Crippen LogP contribution is 2.35. The summed E-state index contributed by atoms with van der Waals surface area (Å²) in [5.74, 6) is 6.55.